The van der Waals surface area contributed by atoms with Crippen molar-refractivity contribution in [1.82, 2.24) is 25.5 Å². The van der Waals surface area contributed by atoms with E-state index >= 15 is 0 Å². The molecule has 15 heteroatoms. The molecule has 238 valence electrons. The number of methoxy groups -OCH3 is 1. The van der Waals surface area contributed by atoms with Crippen LogP contribution in [-0.4, -0.2) is 89.7 Å². The number of aryl methyl sites for hydroxylation is 1. The molecule has 12 nitrogen and oxygen atoms in total. The van der Waals surface area contributed by atoms with Gasteiger partial charge in [0.05, 0.1) is 7.11 Å². The Labute approximate surface area is 256 Å². The van der Waals surface area contributed by atoms with Gasteiger partial charge in [0.15, 0.2) is 17.4 Å². The van der Waals surface area contributed by atoms with Crippen LogP contribution in [0.4, 0.5) is 28.4 Å². The third-order valence-electron chi connectivity index (χ3n) is 8.65. The van der Waals surface area contributed by atoms with Gasteiger partial charge in [-0.05, 0) is 62.1 Å². The number of esters is 1. The summed E-state index contributed by atoms with van der Waals surface area (Å²) >= 11 is 0. The quantitative estimate of drug-likeness (QED) is 0.401. The van der Waals surface area contributed by atoms with Crippen molar-refractivity contribution in [2.75, 3.05) is 38.2 Å². The van der Waals surface area contributed by atoms with Crippen molar-refractivity contribution in [3.63, 3.8) is 0 Å². The summed E-state index contributed by atoms with van der Waals surface area (Å²) in [5.41, 5.74) is 2.00. The predicted molar refractivity (Wildman–Crippen MR) is 151 cm³/mol. The molecule has 1 N–H and O–H groups in total. The number of hydrogen-bond acceptors (Lipinski definition) is 10. The van der Waals surface area contributed by atoms with E-state index in [1.54, 1.807) is 13.0 Å². The van der Waals surface area contributed by atoms with E-state index in [1.165, 1.54) is 18.2 Å². The number of imide groups is 1. The SMILES string of the molecule is COC(=O)C1OC(=O)N(C(=O)N[C@@H]2CCN(C3CCN(c4ccc(F)cc4-c4onnc4C)CC3)C2)C1c1ccc(F)c(F)c1. The maximum atomic E-state index is 14.1. The van der Waals surface area contributed by atoms with Crippen LogP contribution in [0.2, 0.25) is 0 Å². The number of halogens is 3. The number of urea groups is 1. The number of carbonyl (C=O) groups is 3. The lowest BCUT2D eigenvalue weighted by Crippen LogP contribution is -2.49. The van der Waals surface area contributed by atoms with Crippen molar-refractivity contribution in [1.29, 1.82) is 0 Å². The molecule has 45 heavy (non-hydrogen) atoms. The van der Waals surface area contributed by atoms with Crippen molar-refractivity contribution in [3.8, 4) is 11.3 Å². The van der Waals surface area contributed by atoms with Crippen LogP contribution in [0.5, 0.6) is 0 Å². The molecule has 2 aromatic carbocycles. The first-order chi connectivity index (χ1) is 21.6. The number of piperidine rings is 1. The number of likely N-dealkylation sites (tertiary alicyclic amines) is 1. The van der Waals surface area contributed by atoms with Gasteiger partial charge < -0.3 is 24.2 Å². The Morgan fingerprint density at radius 2 is 1.80 bits per heavy atom. The van der Waals surface area contributed by atoms with Crippen LogP contribution in [-0.2, 0) is 14.3 Å². The average Bonchev–Trinajstić information content (AvgIpc) is 3.76. The van der Waals surface area contributed by atoms with Crippen LogP contribution in [0.15, 0.2) is 40.9 Å². The highest BCUT2D eigenvalue weighted by atomic mass is 19.2. The van der Waals surface area contributed by atoms with Gasteiger partial charge in [-0.2, -0.15) is 0 Å². The van der Waals surface area contributed by atoms with Gasteiger partial charge in [0.25, 0.3) is 0 Å². The largest absolute Gasteiger partial charge is 0.466 e. The number of benzene rings is 2. The summed E-state index contributed by atoms with van der Waals surface area (Å²) in [6.07, 6.45) is -0.388. The summed E-state index contributed by atoms with van der Waals surface area (Å²) in [4.78, 5) is 43.7. The second-order valence-corrected chi connectivity index (χ2v) is 11.3. The molecule has 3 aromatic rings. The van der Waals surface area contributed by atoms with Crippen molar-refractivity contribution in [3.05, 3.63) is 65.1 Å². The normalized spacial score (nSPS) is 22.5. The minimum atomic E-state index is -1.55. The predicted octanol–water partition coefficient (Wildman–Crippen LogP) is 3.95. The minimum Gasteiger partial charge on any atom is -0.466 e. The molecule has 0 spiro atoms. The molecule has 6 rings (SSSR count). The summed E-state index contributed by atoms with van der Waals surface area (Å²) < 4.78 is 57.0. The Bertz CT molecular complexity index is 1610. The van der Waals surface area contributed by atoms with E-state index in [0.29, 0.717) is 54.5 Å². The molecule has 0 saturated carbocycles. The van der Waals surface area contributed by atoms with E-state index in [4.69, 9.17) is 14.0 Å². The van der Waals surface area contributed by atoms with E-state index in [2.05, 4.69) is 25.5 Å². The lowest BCUT2D eigenvalue weighted by molar-refractivity contribution is -0.150. The van der Waals surface area contributed by atoms with Crippen molar-refractivity contribution in [2.24, 2.45) is 0 Å². The van der Waals surface area contributed by atoms with Gasteiger partial charge in [-0.3, -0.25) is 4.90 Å². The molecule has 3 aliphatic rings. The van der Waals surface area contributed by atoms with Gasteiger partial charge in [0, 0.05) is 54.8 Å². The number of cyclic esters (lactones) is 1. The molecule has 0 bridgehead atoms. The summed E-state index contributed by atoms with van der Waals surface area (Å²) in [5.74, 6) is -3.21. The molecule has 0 aliphatic carbocycles. The Hall–Kier alpha value is -4.66. The number of carbonyl (C=O) groups excluding carboxylic acids is 3. The first kappa shape index (κ1) is 30.4. The number of anilines is 1. The molecule has 0 radical (unpaired) electrons. The van der Waals surface area contributed by atoms with E-state index < -0.39 is 41.9 Å². The Kier molecular flexibility index (Phi) is 8.36. The zero-order chi connectivity index (χ0) is 31.8. The topological polar surface area (TPSA) is 130 Å². The van der Waals surface area contributed by atoms with E-state index in [-0.39, 0.29) is 23.5 Å². The van der Waals surface area contributed by atoms with Gasteiger partial charge in [-0.1, -0.05) is 6.07 Å². The van der Waals surface area contributed by atoms with E-state index in [9.17, 15) is 27.6 Å². The lowest BCUT2D eigenvalue weighted by atomic mass is 10.0. The second kappa shape index (κ2) is 12.4. The zero-order valence-corrected chi connectivity index (χ0v) is 24.5. The third kappa shape index (κ3) is 5.91. The fraction of sp³-hybridized carbons (Fsp3) is 0.433. The first-order valence-electron chi connectivity index (χ1n) is 14.6. The second-order valence-electron chi connectivity index (χ2n) is 11.3. The van der Waals surface area contributed by atoms with Gasteiger partial charge in [-0.25, -0.2) is 32.5 Å². The van der Waals surface area contributed by atoms with Crippen LogP contribution in [0.25, 0.3) is 11.3 Å². The van der Waals surface area contributed by atoms with E-state index in [0.717, 1.165) is 37.8 Å². The number of nitrogens with zero attached hydrogens (tertiary/aromatic N) is 5. The number of rotatable bonds is 6. The molecule has 3 amide bonds. The number of amides is 3. The summed E-state index contributed by atoms with van der Waals surface area (Å²) in [5, 5.41) is 10.3. The number of hydrogen-bond donors (Lipinski definition) is 1. The monoisotopic (exact) mass is 628 g/mol. The molecular formula is C30H31F3N6O6. The molecule has 2 unspecified atom stereocenters. The smallest absolute Gasteiger partial charge is 0.419 e. The summed E-state index contributed by atoms with van der Waals surface area (Å²) in [6.45, 7) is 4.41. The van der Waals surface area contributed by atoms with E-state index in [1.807, 2.05) is 0 Å². The number of ether oxygens (including phenoxy) is 2. The Balaban J connectivity index is 1.09. The molecule has 3 aliphatic heterocycles. The van der Waals surface area contributed by atoms with Gasteiger partial charge in [0.2, 0.25) is 6.10 Å². The highest BCUT2D eigenvalue weighted by Crippen LogP contribution is 2.37. The molecule has 3 saturated heterocycles. The van der Waals surface area contributed by atoms with Gasteiger partial charge in [0.1, 0.15) is 17.6 Å². The van der Waals surface area contributed by atoms with Gasteiger partial charge >= 0.3 is 18.1 Å². The third-order valence-corrected chi connectivity index (χ3v) is 8.65. The Morgan fingerprint density at radius 3 is 2.49 bits per heavy atom. The maximum absolute atomic E-state index is 14.1. The molecule has 1 aromatic heterocycles. The standard InChI is InChI=1S/C30H31F3N6O6/c1-16-26(45-36-35-16)21-14-18(31)4-6-24(21)37-11-8-20(9-12-37)38-10-7-19(15-38)34-29(41)39-25(17-3-5-22(32)23(33)13-17)27(28(40)43-2)44-30(39)42/h3-6,13-14,19-20,25,27H,7-12,15H2,1-2H3,(H,34,41)/t19-,25?,27?/m1/s1. The van der Waals surface area contributed by atoms with Gasteiger partial charge in [-0.15, -0.1) is 5.10 Å². The number of nitrogens with one attached hydrogen (secondary N) is 1. The summed E-state index contributed by atoms with van der Waals surface area (Å²) in [6, 6.07) is 5.18. The Morgan fingerprint density at radius 1 is 1.02 bits per heavy atom. The molecule has 3 atom stereocenters. The first-order valence-corrected chi connectivity index (χ1v) is 14.6. The summed E-state index contributed by atoms with van der Waals surface area (Å²) in [7, 11) is 1.09. The van der Waals surface area contributed by atoms with Crippen molar-refractivity contribution < 1.29 is 41.6 Å². The van der Waals surface area contributed by atoms with Crippen LogP contribution < -0.4 is 10.2 Å². The minimum absolute atomic E-state index is 0.00385. The molecule has 3 fully saturated rings. The fourth-order valence-electron chi connectivity index (χ4n) is 6.40. The number of aromatic nitrogens is 2. The highest BCUT2D eigenvalue weighted by Gasteiger charge is 2.51. The van der Waals surface area contributed by atoms with Crippen LogP contribution in [0.1, 0.15) is 36.6 Å². The van der Waals surface area contributed by atoms with Crippen molar-refractivity contribution >= 4 is 23.8 Å². The highest BCUT2D eigenvalue weighted by molar-refractivity contribution is 5.96. The van der Waals surface area contributed by atoms with Crippen LogP contribution in [0, 0.1) is 24.4 Å². The van der Waals surface area contributed by atoms with Crippen molar-refractivity contribution in [2.45, 2.75) is 50.4 Å². The molecular weight excluding hydrogens is 597 g/mol. The zero-order valence-electron chi connectivity index (χ0n) is 24.5. The maximum Gasteiger partial charge on any atom is 0.419 e. The van der Waals surface area contributed by atoms with Crippen LogP contribution in [0.3, 0.4) is 0 Å². The fourth-order valence-corrected chi connectivity index (χ4v) is 6.40. The van der Waals surface area contributed by atoms with Crippen LogP contribution >= 0.6 is 0 Å². The lowest BCUT2D eigenvalue weighted by Gasteiger charge is -2.38. The average molecular weight is 629 g/mol. The molecule has 4 heterocycles.